The monoisotopic (exact) mass is 399 g/mol. The second-order valence-corrected chi connectivity index (χ2v) is 6.16. The van der Waals surface area contributed by atoms with Crippen LogP contribution in [0.25, 0.3) is 11.6 Å². The SMILES string of the molecule is Cc1c(Br)ccc2c1C(=Cc1c(F)cccc1C(F)(F)F)C(=O)N2. The highest BCUT2D eigenvalue weighted by Crippen LogP contribution is 2.40. The quantitative estimate of drug-likeness (QED) is 0.504. The third-order valence-electron chi connectivity index (χ3n) is 3.81. The van der Waals surface area contributed by atoms with E-state index in [4.69, 9.17) is 0 Å². The third-order valence-corrected chi connectivity index (χ3v) is 4.67. The van der Waals surface area contributed by atoms with Gasteiger partial charge < -0.3 is 5.32 Å². The lowest BCUT2D eigenvalue weighted by Gasteiger charge is -2.12. The summed E-state index contributed by atoms with van der Waals surface area (Å²) in [5.74, 6) is -1.60. The fraction of sp³-hybridized carbons (Fsp3) is 0.118. The number of hydrogen-bond donors (Lipinski definition) is 1. The van der Waals surface area contributed by atoms with Crippen LogP contribution in [0.3, 0.4) is 0 Å². The summed E-state index contributed by atoms with van der Waals surface area (Å²) < 4.78 is 54.1. The van der Waals surface area contributed by atoms with E-state index in [1.165, 1.54) is 0 Å². The molecule has 0 spiro atoms. The van der Waals surface area contributed by atoms with Crippen molar-refractivity contribution in [3.8, 4) is 0 Å². The van der Waals surface area contributed by atoms with Crippen LogP contribution in [-0.4, -0.2) is 5.91 Å². The van der Waals surface area contributed by atoms with Gasteiger partial charge in [-0.3, -0.25) is 4.79 Å². The van der Waals surface area contributed by atoms with Gasteiger partial charge in [0.15, 0.2) is 0 Å². The summed E-state index contributed by atoms with van der Waals surface area (Å²) in [4.78, 5) is 12.2. The van der Waals surface area contributed by atoms with E-state index >= 15 is 0 Å². The minimum Gasteiger partial charge on any atom is -0.321 e. The topological polar surface area (TPSA) is 29.1 Å². The molecule has 1 N–H and O–H groups in total. The highest BCUT2D eigenvalue weighted by atomic mass is 79.9. The summed E-state index contributed by atoms with van der Waals surface area (Å²) >= 11 is 3.32. The number of anilines is 1. The molecular weight excluding hydrogens is 390 g/mol. The van der Waals surface area contributed by atoms with Crippen LogP contribution < -0.4 is 5.32 Å². The summed E-state index contributed by atoms with van der Waals surface area (Å²) in [5, 5.41) is 2.58. The van der Waals surface area contributed by atoms with Gasteiger partial charge in [0.1, 0.15) is 5.82 Å². The van der Waals surface area contributed by atoms with Crippen LogP contribution in [0.1, 0.15) is 22.3 Å². The Morgan fingerprint density at radius 3 is 2.54 bits per heavy atom. The summed E-state index contributed by atoms with van der Waals surface area (Å²) in [5.41, 5.74) is -0.143. The minimum atomic E-state index is -4.72. The maximum absolute atomic E-state index is 14.0. The lowest BCUT2D eigenvalue weighted by atomic mass is 9.97. The van der Waals surface area contributed by atoms with Crippen LogP contribution in [0.5, 0.6) is 0 Å². The zero-order valence-electron chi connectivity index (χ0n) is 12.3. The normalized spacial score (nSPS) is 15.6. The van der Waals surface area contributed by atoms with Gasteiger partial charge in [0.05, 0.1) is 11.1 Å². The highest BCUT2D eigenvalue weighted by molar-refractivity contribution is 9.10. The van der Waals surface area contributed by atoms with Crippen LogP contribution in [0.2, 0.25) is 0 Å². The van der Waals surface area contributed by atoms with Crippen molar-refractivity contribution in [2.24, 2.45) is 0 Å². The lowest BCUT2D eigenvalue weighted by Crippen LogP contribution is -2.10. The third kappa shape index (κ3) is 2.73. The van der Waals surface area contributed by atoms with E-state index in [0.717, 1.165) is 24.3 Å². The summed E-state index contributed by atoms with van der Waals surface area (Å²) in [6, 6.07) is 6.07. The molecule has 2 aromatic rings. The molecule has 0 unspecified atom stereocenters. The Hall–Kier alpha value is -2.15. The molecule has 7 heteroatoms. The van der Waals surface area contributed by atoms with E-state index < -0.39 is 29.0 Å². The van der Waals surface area contributed by atoms with Crippen LogP contribution in [0.4, 0.5) is 23.2 Å². The van der Waals surface area contributed by atoms with Crippen molar-refractivity contribution < 1.29 is 22.4 Å². The molecule has 0 aromatic heterocycles. The first kappa shape index (κ1) is 16.7. The van der Waals surface area contributed by atoms with E-state index in [9.17, 15) is 22.4 Å². The Balaban J connectivity index is 2.26. The molecular formula is C17H10BrF4NO. The second-order valence-electron chi connectivity index (χ2n) is 5.31. The van der Waals surface area contributed by atoms with Crippen molar-refractivity contribution >= 4 is 39.2 Å². The van der Waals surface area contributed by atoms with Crippen molar-refractivity contribution in [2.75, 3.05) is 5.32 Å². The number of carbonyl (C=O) groups excluding carboxylic acids is 1. The first-order valence-electron chi connectivity index (χ1n) is 6.88. The van der Waals surface area contributed by atoms with Crippen LogP contribution in [0, 0.1) is 12.7 Å². The predicted molar refractivity (Wildman–Crippen MR) is 86.8 cm³/mol. The minimum absolute atomic E-state index is 0.000556. The van der Waals surface area contributed by atoms with Crippen molar-refractivity contribution in [3.63, 3.8) is 0 Å². The number of halogens is 5. The molecule has 0 saturated carbocycles. The molecule has 0 bridgehead atoms. The maximum Gasteiger partial charge on any atom is 0.417 e. The van der Waals surface area contributed by atoms with E-state index in [2.05, 4.69) is 21.2 Å². The van der Waals surface area contributed by atoms with Gasteiger partial charge in [-0.2, -0.15) is 13.2 Å². The van der Waals surface area contributed by atoms with Crippen LogP contribution in [-0.2, 0) is 11.0 Å². The molecule has 0 atom stereocenters. The number of hydrogen-bond acceptors (Lipinski definition) is 1. The van der Waals surface area contributed by atoms with Gasteiger partial charge in [0.2, 0.25) is 0 Å². The number of amides is 1. The largest absolute Gasteiger partial charge is 0.417 e. The number of carbonyl (C=O) groups is 1. The molecule has 0 radical (unpaired) electrons. The summed E-state index contributed by atoms with van der Waals surface area (Å²) in [7, 11) is 0. The molecule has 2 aromatic carbocycles. The summed E-state index contributed by atoms with van der Waals surface area (Å²) in [6.07, 6.45) is -3.77. The second kappa shape index (κ2) is 5.73. The number of rotatable bonds is 1. The zero-order chi connectivity index (χ0) is 17.6. The van der Waals surface area contributed by atoms with Crippen LogP contribution in [0.15, 0.2) is 34.8 Å². The standard InChI is InChI=1S/C17H10BrF4NO/c1-8-12(18)5-6-14-15(8)10(16(24)23-14)7-9-11(17(20,21)22)3-2-4-13(9)19/h2-7H,1H3,(H,23,24). The van der Waals surface area contributed by atoms with Crippen LogP contribution >= 0.6 is 15.9 Å². The number of benzene rings is 2. The number of alkyl halides is 3. The van der Waals surface area contributed by atoms with Crippen molar-refractivity contribution in [1.82, 2.24) is 0 Å². The fourth-order valence-corrected chi connectivity index (χ4v) is 2.98. The zero-order valence-corrected chi connectivity index (χ0v) is 13.8. The smallest absolute Gasteiger partial charge is 0.321 e. The highest BCUT2D eigenvalue weighted by Gasteiger charge is 2.35. The predicted octanol–water partition coefficient (Wildman–Crippen LogP) is 5.41. The van der Waals surface area contributed by atoms with Gasteiger partial charge in [-0.1, -0.05) is 22.0 Å². The molecule has 3 rings (SSSR count). The van der Waals surface area contributed by atoms with E-state index in [-0.39, 0.29) is 5.57 Å². The van der Waals surface area contributed by atoms with E-state index in [1.54, 1.807) is 19.1 Å². The van der Waals surface area contributed by atoms with E-state index in [1.807, 2.05) is 0 Å². The van der Waals surface area contributed by atoms with E-state index in [0.29, 0.717) is 21.3 Å². The molecule has 0 aliphatic carbocycles. The first-order valence-corrected chi connectivity index (χ1v) is 7.67. The Morgan fingerprint density at radius 2 is 1.88 bits per heavy atom. The number of nitrogens with one attached hydrogen (secondary N) is 1. The van der Waals surface area contributed by atoms with Gasteiger partial charge in [-0.05, 0) is 42.8 Å². The van der Waals surface area contributed by atoms with Gasteiger partial charge >= 0.3 is 6.18 Å². The Kier molecular flexibility index (Phi) is 3.99. The molecule has 124 valence electrons. The molecule has 24 heavy (non-hydrogen) atoms. The van der Waals surface area contributed by atoms with Gasteiger partial charge in [0, 0.05) is 21.3 Å². The molecule has 1 heterocycles. The molecule has 1 aliphatic heterocycles. The maximum atomic E-state index is 14.0. The Morgan fingerprint density at radius 1 is 1.17 bits per heavy atom. The van der Waals surface area contributed by atoms with Gasteiger partial charge in [-0.25, -0.2) is 4.39 Å². The molecule has 0 fully saturated rings. The fourth-order valence-electron chi connectivity index (χ4n) is 2.65. The molecule has 2 nitrogen and oxygen atoms in total. The molecule has 0 saturated heterocycles. The van der Waals surface area contributed by atoms with Gasteiger partial charge in [0.25, 0.3) is 5.91 Å². The average molecular weight is 400 g/mol. The summed E-state index contributed by atoms with van der Waals surface area (Å²) in [6.45, 7) is 1.73. The first-order chi connectivity index (χ1) is 11.2. The number of fused-ring (bicyclic) bond motifs is 1. The molecule has 1 aliphatic rings. The Labute approximate surface area is 143 Å². The van der Waals surface area contributed by atoms with Crippen molar-refractivity contribution in [2.45, 2.75) is 13.1 Å². The lowest BCUT2D eigenvalue weighted by molar-refractivity contribution is -0.137. The molecule has 1 amide bonds. The van der Waals surface area contributed by atoms with Gasteiger partial charge in [-0.15, -0.1) is 0 Å². The Bertz CT molecular complexity index is 887. The van der Waals surface area contributed by atoms with Crippen molar-refractivity contribution in [3.05, 3.63) is 62.9 Å². The average Bonchev–Trinajstić information content (AvgIpc) is 2.81. The van der Waals surface area contributed by atoms with Crippen molar-refractivity contribution in [1.29, 1.82) is 0 Å².